The van der Waals surface area contributed by atoms with E-state index in [1.807, 2.05) is 0 Å². The van der Waals surface area contributed by atoms with E-state index in [9.17, 15) is 0 Å². The minimum atomic E-state index is 0. The minimum absolute atomic E-state index is 0. The fourth-order valence-electron chi connectivity index (χ4n) is 0. The summed E-state index contributed by atoms with van der Waals surface area (Å²) in [5, 5.41) is 0. The van der Waals surface area contributed by atoms with Crippen LogP contribution >= 0.6 is 0 Å². The molecule has 0 aliphatic heterocycles. The summed E-state index contributed by atoms with van der Waals surface area (Å²) in [5.41, 5.74) is 0. The third kappa shape index (κ3) is 24.4. The maximum atomic E-state index is 7.81. The fourth-order valence-corrected chi connectivity index (χ4v) is 0. The predicted octanol–water partition coefficient (Wildman–Crippen LogP) is -1.04. The number of rotatable bonds is 0. The fraction of sp³-hybridized carbons (Fsp3) is 0. The third-order valence-corrected chi connectivity index (χ3v) is 0. The van der Waals surface area contributed by atoms with Gasteiger partial charge in [0.2, 0.25) is 0 Å². The van der Waals surface area contributed by atoms with Crippen molar-refractivity contribution in [2.75, 3.05) is 0 Å². The van der Waals surface area contributed by atoms with Crippen LogP contribution < -0.4 is 0 Å². The summed E-state index contributed by atoms with van der Waals surface area (Å²) >= 11 is 2.94. The van der Waals surface area contributed by atoms with E-state index in [2.05, 4.69) is 15.9 Å². The molecule has 0 saturated heterocycles. The monoisotopic (exact) mass is 419 g/mol. The van der Waals surface area contributed by atoms with Gasteiger partial charge in [-0.3, -0.25) is 0 Å². The Kier molecular flexibility index (Phi) is 193. The van der Waals surface area contributed by atoms with Gasteiger partial charge in [0.1, 0.15) is 0 Å². The van der Waals surface area contributed by atoms with Crippen LogP contribution in [0.2, 0.25) is 0 Å². The molecule has 0 saturated carbocycles. The van der Waals surface area contributed by atoms with Gasteiger partial charge in [-0.05, 0) is 0 Å². The summed E-state index contributed by atoms with van der Waals surface area (Å²) in [4.78, 5) is 0. The quantitative estimate of drug-likeness (QED) is 0.459. The predicted molar refractivity (Wildman–Crippen MR) is 9.23 cm³/mol. The molecule has 2 radical (unpaired) electrons. The second-order valence-electron chi connectivity index (χ2n) is 0. The van der Waals surface area contributed by atoms with Crippen LogP contribution in [-0.4, -0.2) is 45.5 Å². The Bertz CT molecular complexity index is 15.5. The molecule has 0 bridgehead atoms. The summed E-state index contributed by atoms with van der Waals surface area (Å²) in [6.45, 7) is 0. The van der Waals surface area contributed by atoms with Crippen LogP contribution in [0.4, 0.5) is 0 Å². The zero-order chi connectivity index (χ0) is 2.00. The number of hydrogen-bond acceptors (Lipinski definition) is 1. The Labute approximate surface area is 131 Å². The van der Waals surface area contributed by atoms with Crippen molar-refractivity contribution in [2.45, 2.75) is 0 Å². The molecule has 0 amide bonds. The molecule has 0 aromatic carbocycles. The zero-order valence-electron chi connectivity index (χ0n) is 2.02. The Balaban J connectivity index is -0.000000000833. The molecule has 1 nitrogen and oxygen atoms in total. The first-order valence-electron chi connectivity index (χ1n) is 0.123. The van der Waals surface area contributed by atoms with Crippen LogP contribution in [0.5, 0.6) is 0 Å². The van der Waals surface area contributed by atoms with Crippen molar-refractivity contribution in [3.05, 3.63) is 0 Å². The van der Waals surface area contributed by atoms with Crippen molar-refractivity contribution in [3.8, 4) is 0 Å². The second kappa shape index (κ2) is 35.8. The Morgan fingerprint density at radius 3 is 1.17 bits per heavy atom. The van der Waals surface area contributed by atoms with E-state index >= 15 is 0 Å². The molecule has 6 heavy (non-hydrogen) atoms. The average Bonchev–Trinajstić information content (AvgIpc) is 1.00. The average molecular weight is 419 g/mol. The first-order chi connectivity index (χ1) is 1.00. The van der Waals surface area contributed by atoms with E-state index in [1.54, 1.807) is 0 Å². The molecular weight excluding hydrogens is 417 g/mol. The zero-order valence-corrected chi connectivity index (χ0v) is 8.87. The normalized spacial score (nSPS) is 1.00. The molecule has 0 unspecified atom stereocenters. The van der Waals surface area contributed by atoms with Crippen LogP contribution in [-0.2, 0) is 53.9 Å². The molecular formula is H2CuFeLaMnOSr. The second-order valence-corrected chi connectivity index (χ2v) is 0. The van der Waals surface area contributed by atoms with Crippen LogP contribution in [0.15, 0.2) is 0 Å². The van der Waals surface area contributed by atoms with Gasteiger partial charge < -0.3 is 0 Å². The molecule has 0 aromatic rings. The van der Waals surface area contributed by atoms with E-state index in [0.29, 0.717) is 0 Å². The third-order valence-electron chi connectivity index (χ3n) is 0. The van der Waals surface area contributed by atoms with Crippen molar-refractivity contribution in [2.24, 2.45) is 0 Å². The van der Waals surface area contributed by atoms with Crippen molar-refractivity contribution < 1.29 is 89.5 Å². The topological polar surface area (TPSA) is 17.1 Å². The molecule has 0 spiro atoms. The Morgan fingerprint density at radius 1 is 1.17 bits per heavy atom. The van der Waals surface area contributed by atoms with E-state index in [1.165, 1.54) is 0 Å². The molecule has 0 atom stereocenters. The van der Waals surface area contributed by atoms with Crippen LogP contribution in [0.1, 0.15) is 0 Å². The summed E-state index contributed by atoms with van der Waals surface area (Å²) < 4.78 is 7.81. The van der Waals surface area contributed by atoms with Gasteiger partial charge in [-0.15, -0.1) is 0 Å². The summed E-state index contributed by atoms with van der Waals surface area (Å²) in [5.74, 6) is 0. The molecule has 0 aliphatic carbocycles. The SMILES string of the molecule is [Fe].[La].[Mn].[O]=[Cu].[SrH2]. The van der Waals surface area contributed by atoms with Gasteiger partial charge in [0, 0.05) is 69.7 Å². The van der Waals surface area contributed by atoms with Gasteiger partial charge in [-0.25, -0.2) is 0 Å². The molecule has 0 fully saturated rings. The van der Waals surface area contributed by atoms with Gasteiger partial charge in [0.25, 0.3) is 0 Å². The van der Waals surface area contributed by atoms with Crippen molar-refractivity contribution in [1.29, 1.82) is 0 Å². The van der Waals surface area contributed by atoms with Crippen LogP contribution in [0.3, 0.4) is 0 Å². The van der Waals surface area contributed by atoms with Crippen LogP contribution in [0, 0.1) is 35.6 Å². The molecule has 0 heterocycles. The van der Waals surface area contributed by atoms with E-state index in [0.717, 1.165) is 0 Å². The molecule has 39 valence electrons. The van der Waals surface area contributed by atoms with E-state index in [-0.39, 0.29) is 115 Å². The van der Waals surface area contributed by atoms with Crippen molar-refractivity contribution >= 4 is 45.5 Å². The van der Waals surface area contributed by atoms with Crippen molar-refractivity contribution in [1.82, 2.24) is 0 Å². The molecule has 6 heteroatoms. The van der Waals surface area contributed by atoms with Gasteiger partial charge in [0.15, 0.2) is 0 Å². The van der Waals surface area contributed by atoms with Gasteiger partial charge in [-0.2, -0.15) is 0 Å². The van der Waals surface area contributed by atoms with Gasteiger partial charge in [0.05, 0.1) is 0 Å². The first-order valence-corrected chi connectivity index (χ1v) is 0.508. The molecule has 0 N–H and O–H groups in total. The standard InChI is InChI=1S/Cu.Fe.La.Mn.O.Sr.2H. The Hall–Kier alpha value is 4.03. The summed E-state index contributed by atoms with van der Waals surface area (Å²) in [7, 11) is 0. The molecule has 0 aromatic heterocycles. The van der Waals surface area contributed by atoms with E-state index < -0.39 is 0 Å². The summed E-state index contributed by atoms with van der Waals surface area (Å²) in [6, 6.07) is 0. The number of hydrogen-bond donors (Lipinski definition) is 0. The van der Waals surface area contributed by atoms with Crippen molar-refractivity contribution in [3.63, 3.8) is 0 Å². The maximum absolute atomic E-state index is 7.81. The van der Waals surface area contributed by atoms with Gasteiger partial charge in [-0.1, -0.05) is 0 Å². The summed E-state index contributed by atoms with van der Waals surface area (Å²) in [6.07, 6.45) is 0. The molecule has 0 rings (SSSR count). The van der Waals surface area contributed by atoms with Gasteiger partial charge >= 0.3 is 65.3 Å². The van der Waals surface area contributed by atoms with E-state index in [4.69, 9.17) is 3.83 Å². The van der Waals surface area contributed by atoms with Crippen LogP contribution in [0.25, 0.3) is 0 Å². The first kappa shape index (κ1) is 32.3. The Morgan fingerprint density at radius 2 is 1.17 bits per heavy atom. The molecule has 0 aliphatic rings.